The van der Waals surface area contributed by atoms with Gasteiger partial charge < -0.3 is 15.0 Å². The molecule has 2 N–H and O–H groups in total. The van der Waals surface area contributed by atoms with Gasteiger partial charge in [-0.15, -0.1) is 0 Å². The molecule has 39 heavy (non-hydrogen) atoms. The first kappa shape index (κ1) is 25.9. The number of benzene rings is 2. The molecule has 1 aliphatic rings. The van der Waals surface area contributed by atoms with Crippen LogP contribution in [0, 0.1) is 23.1 Å². The minimum atomic E-state index is -0.518. The van der Waals surface area contributed by atoms with Gasteiger partial charge in [0.15, 0.2) is 11.6 Å². The predicted molar refractivity (Wildman–Crippen MR) is 147 cm³/mol. The number of halogens is 1. The Morgan fingerprint density at radius 3 is 2.82 bits per heavy atom. The summed E-state index contributed by atoms with van der Waals surface area (Å²) in [7, 11) is 0. The highest BCUT2D eigenvalue weighted by atomic mass is 19.1. The number of nitrogens with one attached hydrogen (secondary N) is 2. The number of amides is 1. The summed E-state index contributed by atoms with van der Waals surface area (Å²) in [4.78, 5) is 26.5. The molecular weight excluding hydrogens is 499 g/mol. The van der Waals surface area contributed by atoms with Gasteiger partial charge in [0.25, 0.3) is 5.91 Å². The second kappa shape index (κ2) is 10.6. The minimum Gasteiger partial charge on any atom is -0.492 e. The van der Waals surface area contributed by atoms with Crippen LogP contribution in [-0.2, 0) is 4.79 Å². The van der Waals surface area contributed by atoms with Crippen molar-refractivity contribution in [2.45, 2.75) is 40.2 Å². The molecule has 2 aromatic carbocycles. The van der Waals surface area contributed by atoms with Crippen molar-refractivity contribution in [2.75, 3.05) is 28.3 Å². The molecule has 0 radical (unpaired) electrons. The van der Waals surface area contributed by atoms with Crippen LogP contribution in [-0.4, -0.2) is 45.3 Å². The fourth-order valence-electron chi connectivity index (χ4n) is 4.62. The lowest BCUT2D eigenvalue weighted by molar-refractivity contribution is -0.119. The van der Waals surface area contributed by atoms with Crippen molar-refractivity contribution in [3.05, 3.63) is 54.1 Å². The number of ether oxygens (including phenoxy) is 1. The van der Waals surface area contributed by atoms with Crippen molar-refractivity contribution >= 4 is 45.6 Å². The summed E-state index contributed by atoms with van der Waals surface area (Å²) < 4.78 is 20.1. The molecule has 1 aliphatic heterocycles. The highest BCUT2D eigenvalue weighted by molar-refractivity contribution is 6.10. The number of carbonyl (C=O) groups is 1. The monoisotopic (exact) mass is 528 g/mol. The summed E-state index contributed by atoms with van der Waals surface area (Å²) >= 11 is 0. The van der Waals surface area contributed by atoms with E-state index in [1.807, 2.05) is 18.7 Å². The van der Waals surface area contributed by atoms with Gasteiger partial charge in [-0.3, -0.25) is 14.8 Å². The van der Waals surface area contributed by atoms with Crippen LogP contribution < -0.4 is 19.9 Å². The second-order valence-corrected chi connectivity index (χ2v) is 9.77. The molecule has 0 spiro atoms. The molecule has 1 atom stereocenters. The van der Waals surface area contributed by atoms with E-state index in [0.717, 1.165) is 6.42 Å². The molecule has 11 heteroatoms. The highest BCUT2D eigenvalue weighted by Gasteiger charge is 2.38. The Hall–Kier alpha value is -4.72. The standard InChI is InChI=1S/C28H29FN8O2/c1-5-39-24-7-6-21(11-18(24)13-30)37-23-15-31-28(33-20-10-19-14-32-35-25(19)22(29)12-20)34-26(23)36(9-8-16(2)3)17(4)27(37)38/h6-7,10-12,14-17H,5,8-9H2,1-4H3,(H,32,35)(H,31,33,34)/t17-/m1/s1. The topological polar surface area (TPSA) is 123 Å². The van der Waals surface area contributed by atoms with Crippen molar-refractivity contribution in [3.63, 3.8) is 0 Å². The predicted octanol–water partition coefficient (Wildman–Crippen LogP) is 5.43. The lowest BCUT2D eigenvalue weighted by Crippen LogP contribution is -2.51. The van der Waals surface area contributed by atoms with E-state index in [9.17, 15) is 14.4 Å². The Kier molecular flexibility index (Phi) is 7.02. The highest BCUT2D eigenvalue weighted by Crippen LogP contribution is 2.41. The summed E-state index contributed by atoms with van der Waals surface area (Å²) in [5, 5.41) is 19.9. The first-order valence-electron chi connectivity index (χ1n) is 12.8. The van der Waals surface area contributed by atoms with E-state index in [2.05, 4.69) is 40.4 Å². The number of aromatic amines is 1. The first-order valence-corrected chi connectivity index (χ1v) is 12.8. The molecule has 3 heterocycles. The zero-order chi connectivity index (χ0) is 27.7. The van der Waals surface area contributed by atoms with Gasteiger partial charge in [0.2, 0.25) is 5.95 Å². The lowest BCUT2D eigenvalue weighted by atomic mass is 10.1. The maximum absolute atomic E-state index is 14.5. The Balaban J connectivity index is 1.57. The van der Waals surface area contributed by atoms with E-state index < -0.39 is 11.9 Å². The van der Waals surface area contributed by atoms with Crippen LogP contribution >= 0.6 is 0 Å². The Morgan fingerprint density at radius 2 is 2.08 bits per heavy atom. The first-order chi connectivity index (χ1) is 18.8. The number of H-pyrrole nitrogens is 1. The molecule has 200 valence electrons. The van der Waals surface area contributed by atoms with Crippen molar-refractivity contribution in [1.29, 1.82) is 5.26 Å². The number of carbonyl (C=O) groups excluding carboxylic acids is 1. The molecule has 0 saturated heterocycles. The van der Waals surface area contributed by atoms with Gasteiger partial charge in [0, 0.05) is 17.6 Å². The molecular formula is C28H29FN8O2. The van der Waals surface area contributed by atoms with Crippen molar-refractivity contribution in [1.82, 2.24) is 20.2 Å². The maximum Gasteiger partial charge on any atom is 0.254 e. The number of aromatic nitrogens is 4. The molecule has 2 aromatic heterocycles. The van der Waals surface area contributed by atoms with E-state index in [4.69, 9.17) is 9.72 Å². The van der Waals surface area contributed by atoms with Gasteiger partial charge in [-0.25, -0.2) is 9.37 Å². The summed E-state index contributed by atoms with van der Waals surface area (Å²) in [5.41, 5.74) is 2.14. The Morgan fingerprint density at radius 1 is 1.26 bits per heavy atom. The van der Waals surface area contributed by atoms with Gasteiger partial charge in [0.05, 0.1) is 30.3 Å². The molecule has 0 aliphatic carbocycles. The van der Waals surface area contributed by atoms with E-state index in [1.54, 1.807) is 41.6 Å². The van der Waals surface area contributed by atoms with Crippen LogP contribution in [0.25, 0.3) is 10.9 Å². The zero-order valence-electron chi connectivity index (χ0n) is 22.2. The fraction of sp³-hybridized carbons (Fsp3) is 0.321. The van der Waals surface area contributed by atoms with E-state index in [0.29, 0.717) is 64.2 Å². The van der Waals surface area contributed by atoms with E-state index >= 15 is 0 Å². The SMILES string of the molecule is CCOc1ccc(N2C(=O)[C@@H](C)N(CCC(C)C)c3nc(Nc4cc(F)c5[nH]ncc5c4)ncc32)cc1C#N. The molecule has 1 amide bonds. The summed E-state index contributed by atoms with van der Waals surface area (Å²) in [5.74, 6) is 1.10. The number of hydrogen-bond acceptors (Lipinski definition) is 8. The number of anilines is 5. The van der Waals surface area contributed by atoms with Crippen LogP contribution in [0.1, 0.15) is 39.7 Å². The van der Waals surface area contributed by atoms with Gasteiger partial charge in [0.1, 0.15) is 29.1 Å². The second-order valence-electron chi connectivity index (χ2n) is 9.77. The summed E-state index contributed by atoms with van der Waals surface area (Å²) in [6.45, 7) is 8.97. The summed E-state index contributed by atoms with van der Waals surface area (Å²) in [6, 6.07) is 9.81. The number of nitriles is 1. The van der Waals surface area contributed by atoms with Crippen LogP contribution in [0.15, 0.2) is 42.7 Å². The molecule has 0 unspecified atom stereocenters. The van der Waals surface area contributed by atoms with E-state index in [1.165, 1.54) is 6.07 Å². The quantitative estimate of drug-likeness (QED) is 0.311. The Labute approximate surface area is 225 Å². The maximum atomic E-state index is 14.5. The zero-order valence-corrected chi connectivity index (χ0v) is 22.2. The van der Waals surface area contributed by atoms with Gasteiger partial charge in [-0.1, -0.05) is 13.8 Å². The molecule has 10 nitrogen and oxygen atoms in total. The van der Waals surface area contributed by atoms with Gasteiger partial charge >= 0.3 is 0 Å². The number of rotatable bonds is 8. The molecule has 4 aromatic rings. The summed E-state index contributed by atoms with van der Waals surface area (Å²) in [6.07, 6.45) is 3.97. The Bertz CT molecular complexity index is 1580. The molecule has 5 rings (SSSR count). The van der Waals surface area contributed by atoms with Crippen molar-refractivity contribution in [2.24, 2.45) is 5.92 Å². The van der Waals surface area contributed by atoms with Gasteiger partial charge in [-0.2, -0.15) is 15.3 Å². The van der Waals surface area contributed by atoms with Crippen LogP contribution in [0.2, 0.25) is 0 Å². The van der Waals surface area contributed by atoms with E-state index in [-0.39, 0.29) is 11.9 Å². The molecule has 0 fully saturated rings. The minimum absolute atomic E-state index is 0.156. The van der Waals surface area contributed by atoms with Crippen molar-refractivity contribution in [3.8, 4) is 11.8 Å². The van der Waals surface area contributed by atoms with Crippen molar-refractivity contribution < 1.29 is 13.9 Å². The van der Waals surface area contributed by atoms with Crippen LogP contribution in [0.4, 0.5) is 33.2 Å². The number of hydrogen-bond donors (Lipinski definition) is 2. The number of nitrogens with zero attached hydrogens (tertiary/aromatic N) is 6. The molecule has 0 bridgehead atoms. The van der Waals surface area contributed by atoms with Gasteiger partial charge in [-0.05, 0) is 56.5 Å². The average molecular weight is 529 g/mol. The largest absolute Gasteiger partial charge is 0.492 e. The fourth-order valence-corrected chi connectivity index (χ4v) is 4.62. The third-order valence-electron chi connectivity index (χ3n) is 6.65. The molecule has 0 saturated carbocycles. The normalized spacial score (nSPS) is 15.0. The average Bonchev–Trinajstić information content (AvgIpc) is 3.39. The third-order valence-corrected chi connectivity index (χ3v) is 6.65. The van der Waals surface area contributed by atoms with Crippen LogP contribution in [0.5, 0.6) is 5.75 Å². The van der Waals surface area contributed by atoms with Crippen LogP contribution in [0.3, 0.4) is 0 Å². The smallest absolute Gasteiger partial charge is 0.254 e. The third kappa shape index (κ3) is 4.93. The number of fused-ring (bicyclic) bond motifs is 2. The lowest BCUT2D eigenvalue weighted by Gasteiger charge is -2.40.